The Bertz CT molecular complexity index is 774. The summed E-state index contributed by atoms with van der Waals surface area (Å²) in [4.78, 5) is 27.3. The molecule has 4 nitrogen and oxygen atoms in total. The van der Waals surface area contributed by atoms with Gasteiger partial charge in [-0.05, 0) is 67.2 Å². The van der Waals surface area contributed by atoms with E-state index in [0.717, 1.165) is 21.3 Å². The molecule has 1 N–H and O–H groups in total. The summed E-state index contributed by atoms with van der Waals surface area (Å²) >= 11 is 3.57. The molecule has 0 unspecified atom stereocenters. The van der Waals surface area contributed by atoms with Gasteiger partial charge in [-0.3, -0.25) is 14.5 Å². The Hall–Kier alpha value is -1.62. The number of anilines is 1. The molecule has 1 aromatic rings. The number of hydrogen-bond acceptors (Lipinski definition) is 3. The highest BCUT2D eigenvalue weighted by Gasteiger charge is 2.66. The number of nitrogens with zero attached hydrogens (tertiary/aromatic N) is 1. The molecule has 6 rings (SSSR count). The van der Waals surface area contributed by atoms with Crippen molar-refractivity contribution < 1.29 is 9.59 Å². The van der Waals surface area contributed by atoms with Crippen molar-refractivity contribution in [2.75, 3.05) is 12.0 Å². The van der Waals surface area contributed by atoms with Crippen molar-refractivity contribution in [2.45, 2.75) is 20.3 Å². The van der Waals surface area contributed by atoms with Crippen LogP contribution in [-0.4, -0.2) is 23.4 Å². The van der Waals surface area contributed by atoms with E-state index in [9.17, 15) is 9.59 Å². The van der Waals surface area contributed by atoms with Crippen LogP contribution in [0.15, 0.2) is 28.8 Å². The molecule has 1 saturated heterocycles. The van der Waals surface area contributed by atoms with E-state index in [-0.39, 0.29) is 30.3 Å². The molecule has 4 aliphatic carbocycles. The zero-order valence-corrected chi connectivity index (χ0v) is 15.9. The predicted octanol–water partition coefficient (Wildman–Crippen LogP) is 3.49. The number of nitrogens with one attached hydrogen (secondary N) is 1. The van der Waals surface area contributed by atoms with Crippen LogP contribution in [0.1, 0.15) is 17.5 Å². The third kappa shape index (κ3) is 2.11. The lowest BCUT2D eigenvalue weighted by Crippen LogP contribution is -2.40. The summed E-state index contributed by atoms with van der Waals surface area (Å²) in [6.07, 6.45) is 5.62. The quantitative estimate of drug-likeness (QED) is 0.623. The molecule has 0 spiro atoms. The topological polar surface area (TPSA) is 49.4 Å². The Labute approximate surface area is 155 Å². The highest BCUT2D eigenvalue weighted by Crippen LogP contribution is 2.65. The van der Waals surface area contributed by atoms with Crippen LogP contribution in [0.5, 0.6) is 0 Å². The van der Waals surface area contributed by atoms with Gasteiger partial charge in [0, 0.05) is 10.2 Å². The molecule has 2 amide bonds. The summed E-state index contributed by atoms with van der Waals surface area (Å²) in [5.74, 6) is 1.71. The first-order valence-electron chi connectivity index (χ1n) is 9.01. The molecule has 1 aliphatic heterocycles. The molecule has 1 heterocycles. The van der Waals surface area contributed by atoms with Crippen LogP contribution in [-0.2, 0) is 9.59 Å². The fraction of sp³-hybridized carbons (Fsp3) is 0.500. The van der Waals surface area contributed by atoms with Crippen molar-refractivity contribution in [2.24, 2.45) is 35.5 Å². The van der Waals surface area contributed by atoms with Gasteiger partial charge < -0.3 is 5.32 Å². The van der Waals surface area contributed by atoms with Crippen LogP contribution >= 0.6 is 15.9 Å². The van der Waals surface area contributed by atoms with Gasteiger partial charge in [0.1, 0.15) is 0 Å². The molecule has 6 atom stereocenters. The Morgan fingerprint density at radius 1 is 1.04 bits per heavy atom. The number of aryl methyl sites for hydroxylation is 2. The molecule has 0 radical (unpaired) electrons. The fourth-order valence-corrected chi connectivity index (χ4v) is 5.62. The number of likely N-dealkylation sites (tertiary alicyclic amines) is 1. The fourth-order valence-electron chi connectivity index (χ4n) is 5.39. The average Bonchev–Trinajstić information content (AvgIpc) is 3.37. The molecule has 1 aromatic carbocycles. The lowest BCUT2D eigenvalue weighted by atomic mass is 9.63. The van der Waals surface area contributed by atoms with Crippen molar-refractivity contribution in [3.05, 3.63) is 39.9 Å². The maximum absolute atomic E-state index is 12.9. The normalized spacial score (nSPS) is 37.3. The van der Waals surface area contributed by atoms with Crippen molar-refractivity contribution >= 4 is 33.4 Å². The number of imide groups is 1. The number of carbonyl (C=O) groups excluding carboxylic acids is 2. The summed E-state index contributed by atoms with van der Waals surface area (Å²) in [5.41, 5.74) is 3.22. The maximum atomic E-state index is 12.9. The highest BCUT2D eigenvalue weighted by atomic mass is 79.9. The molecule has 5 aliphatic rings. The van der Waals surface area contributed by atoms with Gasteiger partial charge in [-0.15, -0.1) is 0 Å². The Morgan fingerprint density at radius 2 is 1.56 bits per heavy atom. The standard InChI is InChI=1S/C20H21BrN2O2/c1-9-5-11(6-10(2)18(9)21)22-8-23-19(24)16-12-3-4-13(15-7-14(12)15)17(16)20(23)25/h3-6,12-17,22H,7-8H2,1-2H3/t12-,13+,14-,15-,16+,17+/m1/s1. The minimum absolute atomic E-state index is 0.0257. The van der Waals surface area contributed by atoms with E-state index >= 15 is 0 Å². The van der Waals surface area contributed by atoms with Crippen LogP contribution in [0, 0.1) is 49.4 Å². The van der Waals surface area contributed by atoms with Crippen molar-refractivity contribution in [1.29, 1.82) is 0 Å². The maximum Gasteiger partial charge on any atom is 0.235 e. The van der Waals surface area contributed by atoms with Crippen LogP contribution in [0.2, 0.25) is 0 Å². The number of carbonyl (C=O) groups is 2. The zero-order chi connectivity index (χ0) is 17.5. The third-order valence-corrected chi connectivity index (χ3v) is 7.88. The summed E-state index contributed by atoms with van der Waals surface area (Å²) in [5, 5.41) is 3.28. The van der Waals surface area contributed by atoms with Gasteiger partial charge in [0.15, 0.2) is 0 Å². The molecule has 5 heteroatoms. The van der Waals surface area contributed by atoms with Crippen LogP contribution in [0.3, 0.4) is 0 Å². The van der Waals surface area contributed by atoms with Gasteiger partial charge >= 0.3 is 0 Å². The van der Waals surface area contributed by atoms with E-state index in [2.05, 4.69) is 33.4 Å². The zero-order valence-electron chi connectivity index (χ0n) is 14.3. The summed E-state index contributed by atoms with van der Waals surface area (Å²) in [6, 6.07) is 4.07. The number of hydrogen-bond donors (Lipinski definition) is 1. The molecule has 3 fully saturated rings. The van der Waals surface area contributed by atoms with Crippen molar-refractivity contribution in [3.8, 4) is 0 Å². The lowest BCUT2D eigenvalue weighted by Gasteiger charge is -2.37. The largest absolute Gasteiger partial charge is 0.367 e. The Balaban J connectivity index is 1.36. The number of benzene rings is 1. The first-order valence-corrected chi connectivity index (χ1v) is 9.81. The molecule has 0 aromatic heterocycles. The van der Waals surface area contributed by atoms with Gasteiger partial charge in [-0.25, -0.2) is 0 Å². The van der Waals surface area contributed by atoms with E-state index < -0.39 is 0 Å². The number of halogens is 1. The second-order valence-corrected chi connectivity index (χ2v) is 8.81. The molecular weight excluding hydrogens is 380 g/mol. The molecule has 25 heavy (non-hydrogen) atoms. The molecule has 130 valence electrons. The summed E-state index contributed by atoms with van der Waals surface area (Å²) in [6.45, 7) is 4.34. The molecule has 2 saturated carbocycles. The second kappa shape index (κ2) is 5.19. The van der Waals surface area contributed by atoms with Crippen molar-refractivity contribution in [3.63, 3.8) is 0 Å². The minimum Gasteiger partial charge on any atom is -0.367 e. The Kier molecular flexibility index (Phi) is 3.25. The Morgan fingerprint density at radius 3 is 2.08 bits per heavy atom. The van der Waals surface area contributed by atoms with Crippen LogP contribution in [0.25, 0.3) is 0 Å². The van der Waals surface area contributed by atoms with E-state index in [1.165, 1.54) is 11.3 Å². The number of amides is 2. The van der Waals surface area contributed by atoms with Crippen molar-refractivity contribution in [1.82, 2.24) is 4.90 Å². The second-order valence-electron chi connectivity index (χ2n) is 8.02. The molecular formula is C20H21BrN2O2. The lowest BCUT2D eigenvalue weighted by molar-refractivity contribution is -0.139. The average molecular weight is 401 g/mol. The summed E-state index contributed by atoms with van der Waals surface area (Å²) in [7, 11) is 0. The van der Waals surface area contributed by atoms with Crippen LogP contribution < -0.4 is 5.32 Å². The SMILES string of the molecule is Cc1cc(NCN2C(=O)[C@H]3[C@@H]4C=C[C@@H]([C@H]5C[C@H]45)[C@@H]3C2=O)cc(C)c1Br. The van der Waals surface area contributed by atoms with Crippen LogP contribution in [0.4, 0.5) is 5.69 Å². The predicted molar refractivity (Wildman–Crippen MR) is 98.7 cm³/mol. The monoisotopic (exact) mass is 400 g/mol. The summed E-state index contributed by atoms with van der Waals surface area (Å²) < 4.78 is 1.10. The number of allylic oxidation sites excluding steroid dienone is 2. The van der Waals surface area contributed by atoms with Gasteiger partial charge in [0.25, 0.3) is 0 Å². The van der Waals surface area contributed by atoms with E-state index in [1.54, 1.807) is 0 Å². The molecule has 2 bridgehead atoms. The number of rotatable bonds is 3. The van der Waals surface area contributed by atoms with E-state index in [1.807, 2.05) is 26.0 Å². The van der Waals surface area contributed by atoms with E-state index in [0.29, 0.717) is 23.7 Å². The van der Waals surface area contributed by atoms with Gasteiger partial charge in [-0.2, -0.15) is 0 Å². The smallest absolute Gasteiger partial charge is 0.235 e. The minimum atomic E-state index is -0.110. The van der Waals surface area contributed by atoms with Gasteiger partial charge in [0.05, 0.1) is 18.5 Å². The third-order valence-electron chi connectivity index (χ3n) is 6.63. The van der Waals surface area contributed by atoms with Gasteiger partial charge in [0.2, 0.25) is 11.8 Å². The first kappa shape index (κ1) is 15.6. The van der Waals surface area contributed by atoms with E-state index in [4.69, 9.17) is 0 Å². The first-order chi connectivity index (χ1) is 12.0. The highest BCUT2D eigenvalue weighted by molar-refractivity contribution is 9.10. The van der Waals surface area contributed by atoms with Gasteiger partial charge in [-0.1, -0.05) is 28.1 Å².